The van der Waals surface area contributed by atoms with Crippen molar-refractivity contribution < 1.29 is 0 Å². The van der Waals surface area contributed by atoms with Crippen molar-refractivity contribution in [3.8, 4) is 0 Å². The molecule has 0 spiro atoms. The van der Waals surface area contributed by atoms with Gasteiger partial charge in [0.05, 0.1) is 12.4 Å². The van der Waals surface area contributed by atoms with Gasteiger partial charge in [-0.1, -0.05) is 12.8 Å². The number of rotatable bonds is 8. The maximum Gasteiger partial charge on any atom is 0.270 e. The lowest BCUT2D eigenvalue weighted by Crippen LogP contribution is -2.43. The lowest BCUT2D eigenvalue weighted by Gasteiger charge is -2.34. The van der Waals surface area contributed by atoms with E-state index in [4.69, 9.17) is 4.98 Å². The first kappa shape index (κ1) is 25.2. The normalized spacial score (nSPS) is 19.8. The van der Waals surface area contributed by atoms with Gasteiger partial charge in [-0.3, -0.25) is 9.36 Å². The van der Waals surface area contributed by atoms with Crippen molar-refractivity contribution in [1.82, 2.24) is 29.7 Å². The summed E-state index contributed by atoms with van der Waals surface area (Å²) >= 11 is 0. The highest BCUT2D eigenvalue weighted by molar-refractivity contribution is 5.71. The van der Waals surface area contributed by atoms with Gasteiger partial charge in [0.1, 0.15) is 5.52 Å². The standard InChI is InChI=1S/C29H40N8O/c38-27-21-31-26-20-32-29(34-28(26)37(27)25-5-1-2-6-25)33-23-7-9-24(10-8-23)36-16-11-22(12-17-36)4-3-15-35-18-13-30-14-19-35/h7-10,20-22,25,30H,1-6,11-19H2,(H,32,33,34). The number of benzene rings is 1. The molecule has 0 amide bonds. The molecule has 2 N–H and O–H groups in total. The molecular formula is C29H40N8O. The Bertz CT molecular complexity index is 1260. The second-order valence-electron chi connectivity index (χ2n) is 11.1. The van der Waals surface area contributed by atoms with Crippen LogP contribution in [0.3, 0.4) is 0 Å². The predicted molar refractivity (Wildman–Crippen MR) is 152 cm³/mol. The molecule has 2 saturated heterocycles. The van der Waals surface area contributed by atoms with E-state index in [1.807, 2.05) is 4.57 Å². The number of anilines is 3. The van der Waals surface area contributed by atoms with Gasteiger partial charge in [-0.2, -0.15) is 4.98 Å². The second kappa shape index (κ2) is 11.8. The first-order valence-corrected chi connectivity index (χ1v) is 14.5. The molecule has 6 rings (SSSR count). The quantitative estimate of drug-likeness (QED) is 0.465. The SMILES string of the molecule is O=c1cnc2cnc(Nc3ccc(N4CCC(CCCN5CCNCC5)CC4)cc3)nc2n1C1CCCC1. The van der Waals surface area contributed by atoms with Crippen molar-refractivity contribution in [2.45, 2.75) is 57.4 Å². The molecule has 2 aromatic heterocycles. The molecule has 0 unspecified atom stereocenters. The van der Waals surface area contributed by atoms with E-state index in [1.54, 1.807) is 6.20 Å². The molecule has 202 valence electrons. The number of piperidine rings is 1. The van der Waals surface area contributed by atoms with Gasteiger partial charge in [0.15, 0.2) is 5.65 Å². The summed E-state index contributed by atoms with van der Waals surface area (Å²) in [5.41, 5.74) is 3.41. The third kappa shape index (κ3) is 5.83. The van der Waals surface area contributed by atoms with Crippen LogP contribution in [0.2, 0.25) is 0 Å². The van der Waals surface area contributed by atoms with Crippen LogP contribution in [0.5, 0.6) is 0 Å². The van der Waals surface area contributed by atoms with E-state index in [9.17, 15) is 4.79 Å². The highest BCUT2D eigenvalue weighted by Crippen LogP contribution is 2.30. The van der Waals surface area contributed by atoms with E-state index in [0.717, 1.165) is 63.5 Å². The maximum absolute atomic E-state index is 12.6. The van der Waals surface area contributed by atoms with Crippen LogP contribution >= 0.6 is 0 Å². The summed E-state index contributed by atoms with van der Waals surface area (Å²) in [6, 6.07) is 8.76. The molecule has 4 heterocycles. The highest BCUT2D eigenvalue weighted by atomic mass is 16.1. The Morgan fingerprint density at radius 1 is 0.921 bits per heavy atom. The fourth-order valence-corrected chi connectivity index (χ4v) is 6.40. The van der Waals surface area contributed by atoms with E-state index >= 15 is 0 Å². The minimum absolute atomic E-state index is 0.0817. The Hall–Kier alpha value is -3.04. The first-order valence-electron chi connectivity index (χ1n) is 14.5. The largest absolute Gasteiger partial charge is 0.372 e. The number of aromatic nitrogens is 4. The monoisotopic (exact) mass is 516 g/mol. The van der Waals surface area contributed by atoms with Gasteiger partial charge in [0.2, 0.25) is 5.95 Å². The van der Waals surface area contributed by atoms with Crippen molar-refractivity contribution in [1.29, 1.82) is 0 Å². The molecule has 0 radical (unpaired) electrons. The van der Waals surface area contributed by atoms with Gasteiger partial charge in [-0.25, -0.2) is 9.97 Å². The molecular weight excluding hydrogens is 476 g/mol. The van der Waals surface area contributed by atoms with Crippen LogP contribution < -0.4 is 21.1 Å². The zero-order valence-corrected chi connectivity index (χ0v) is 22.3. The van der Waals surface area contributed by atoms with Crippen molar-refractivity contribution in [2.75, 3.05) is 56.0 Å². The molecule has 2 aliphatic heterocycles. The van der Waals surface area contributed by atoms with Crippen LogP contribution in [0.1, 0.15) is 57.4 Å². The van der Waals surface area contributed by atoms with Gasteiger partial charge >= 0.3 is 0 Å². The van der Waals surface area contributed by atoms with Gasteiger partial charge in [0, 0.05) is 56.7 Å². The van der Waals surface area contributed by atoms with E-state index in [2.05, 4.69) is 54.7 Å². The van der Waals surface area contributed by atoms with Crippen molar-refractivity contribution in [3.05, 3.63) is 47.0 Å². The topological polar surface area (TPSA) is 91.2 Å². The summed E-state index contributed by atoms with van der Waals surface area (Å²) in [4.78, 5) is 31.2. The van der Waals surface area contributed by atoms with Crippen LogP contribution in [0, 0.1) is 5.92 Å². The number of nitrogens with zero attached hydrogens (tertiary/aromatic N) is 6. The Morgan fingerprint density at radius 3 is 2.45 bits per heavy atom. The Labute approximate surface area is 224 Å². The van der Waals surface area contributed by atoms with E-state index in [-0.39, 0.29) is 11.6 Å². The Morgan fingerprint density at radius 2 is 1.68 bits per heavy atom. The van der Waals surface area contributed by atoms with Crippen molar-refractivity contribution in [3.63, 3.8) is 0 Å². The predicted octanol–water partition coefficient (Wildman–Crippen LogP) is 3.95. The number of hydrogen-bond donors (Lipinski definition) is 2. The molecule has 1 aromatic carbocycles. The molecule has 9 heteroatoms. The van der Waals surface area contributed by atoms with Gasteiger partial charge < -0.3 is 20.4 Å². The van der Waals surface area contributed by atoms with Gasteiger partial charge in [-0.15, -0.1) is 0 Å². The van der Waals surface area contributed by atoms with Crippen LogP contribution in [-0.2, 0) is 0 Å². The first-order chi connectivity index (χ1) is 18.7. The molecule has 38 heavy (non-hydrogen) atoms. The second-order valence-corrected chi connectivity index (χ2v) is 11.1. The lowest BCUT2D eigenvalue weighted by molar-refractivity contribution is 0.227. The summed E-state index contributed by atoms with van der Waals surface area (Å²) in [6.07, 6.45) is 12.7. The molecule has 3 aliphatic rings. The van der Waals surface area contributed by atoms with E-state index in [0.29, 0.717) is 17.1 Å². The molecule has 3 aromatic rings. The van der Waals surface area contributed by atoms with Gasteiger partial charge in [0.25, 0.3) is 5.56 Å². The van der Waals surface area contributed by atoms with Crippen LogP contribution in [-0.4, -0.2) is 70.2 Å². The van der Waals surface area contributed by atoms with E-state index < -0.39 is 0 Å². The Balaban J connectivity index is 1.04. The lowest BCUT2D eigenvalue weighted by atomic mass is 9.92. The number of nitrogens with one attached hydrogen (secondary N) is 2. The van der Waals surface area contributed by atoms with Gasteiger partial charge in [-0.05, 0) is 75.3 Å². The molecule has 0 bridgehead atoms. The zero-order valence-electron chi connectivity index (χ0n) is 22.3. The fourth-order valence-electron chi connectivity index (χ4n) is 6.40. The summed E-state index contributed by atoms with van der Waals surface area (Å²) < 4.78 is 1.82. The Kier molecular flexibility index (Phi) is 7.83. The van der Waals surface area contributed by atoms with Crippen LogP contribution in [0.4, 0.5) is 17.3 Å². The third-order valence-electron chi connectivity index (χ3n) is 8.62. The van der Waals surface area contributed by atoms with E-state index in [1.165, 1.54) is 57.2 Å². The molecule has 1 aliphatic carbocycles. The molecule has 0 atom stereocenters. The molecule has 9 nitrogen and oxygen atoms in total. The summed E-state index contributed by atoms with van der Waals surface area (Å²) in [5, 5.41) is 6.77. The van der Waals surface area contributed by atoms with Crippen molar-refractivity contribution in [2.24, 2.45) is 5.92 Å². The highest BCUT2D eigenvalue weighted by Gasteiger charge is 2.22. The number of fused-ring (bicyclic) bond motifs is 1. The number of hydrogen-bond acceptors (Lipinski definition) is 8. The minimum Gasteiger partial charge on any atom is -0.372 e. The third-order valence-corrected chi connectivity index (χ3v) is 8.62. The van der Waals surface area contributed by atoms with Crippen LogP contribution in [0.25, 0.3) is 11.2 Å². The van der Waals surface area contributed by atoms with Crippen LogP contribution in [0.15, 0.2) is 41.5 Å². The summed E-state index contributed by atoms with van der Waals surface area (Å²) in [7, 11) is 0. The molecule has 3 fully saturated rings. The smallest absolute Gasteiger partial charge is 0.270 e. The maximum atomic E-state index is 12.6. The fraction of sp³-hybridized carbons (Fsp3) is 0.586. The average Bonchev–Trinajstić information content (AvgIpc) is 3.49. The summed E-state index contributed by atoms with van der Waals surface area (Å²) in [5.74, 6) is 1.35. The van der Waals surface area contributed by atoms with Crippen molar-refractivity contribution >= 4 is 28.5 Å². The minimum atomic E-state index is -0.0817. The number of piperazine rings is 1. The summed E-state index contributed by atoms with van der Waals surface area (Å²) in [6.45, 7) is 8.20. The molecule has 1 saturated carbocycles. The average molecular weight is 517 g/mol. The zero-order chi connectivity index (χ0) is 25.7.